The minimum absolute atomic E-state index is 0. The maximum atomic E-state index is 6.71. The second kappa shape index (κ2) is 18.2. The molecule has 344 valence electrons. The van der Waals surface area contributed by atoms with Gasteiger partial charge in [0.2, 0.25) is 0 Å². The van der Waals surface area contributed by atoms with Gasteiger partial charge in [0.1, 0.15) is 5.82 Å². The number of imidazole rings is 1. The first-order valence-corrected chi connectivity index (χ1v) is 23.6. The van der Waals surface area contributed by atoms with Crippen molar-refractivity contribution in [1.82, 2.24) is 14.1 Å². The van der Waals surface area contributed by atoms with Gasteiger partial charge in [0, 0.05) is 44.3 Å². The first-order chi connectivity index (χ1) is 32.1. The van der Waals surface area contributed by atoms with Crippen LogP contribution >= 0.6 is 0 Å². The predicted octanol–water partition coefficient (Wildman–Crippen LogP) is 15.6. The third-order valence-electron chi connectivity index (χ3n) is 13.5. The van der Waals surface area contributed by atoms with Crippen LogP contribution in [0.1, 0.15) is 90.5 Å². The van der Waals surface area contributed by atoms with Crippen molar-refractivity contribution in [3.8, 4) is 50.9 Å². The molecule has 3 aromatic heterocycles. The van der Waals surface area contributed by atoms with Gasteiger partial charge in [0.05, 0.1) is 16.7 Å². The average molecular weight is 1070 g/mol. The van der Waals surface area contributed by atoms with E-state index in [4.69, 9.17) is 9.72 Å². The number of aryl methyl sites for hydroxylation is 1. The van der Waals surface area contributed by atoms with E-state index in [9.17, 15) is 0 Å². The van der Waals surface area contributed by atoms with Gasteiger partial charge in [0.25, 0.3) is 6.33 Å². The Bertz CT molecular complexity index is 3440. The van der Waals surface area contributed by atoms with Gasteiger partial charge in [-0.15, -0.1) is 29.7 Å². The monoisotopic (exact) mass is 1070 g/mol. The average Bonchev–Trinajstić information content (AvgIpc) is 3.87. The molecule has 10 aromatic rings. The number of nitrogens with zero attached hydrogens (tertiary/aromatic N) is 4. The second-order valence-corrected chi connectivity index (χ2v) is 20.5. The smallest absolute Gasteiger partial charge is 0.268 e. The van der Waals surface area contributed by atoms with Crippen LogP contribution in [0.25, 0.3) is 72.3 Å². The largest absolute Gasteiger partial charge is 0.510 e. The molecule has 0 saturated carbocycles. The predicted molar refractivity (Wildman–Crippen MR) is 276 cm³/mol. The Kier molecular flexibility index (Phi) is 12.4. The molecular formula is C62H58N4OPt-2. The van der Waals surface area contributed by atoms with Crippen LogP contribution < -0.4 is 9.30 Å². The maximum Gasteiger partial charge on any atom is 0.268 e. The van der Waals surface area contributed by atoms with Crippen LogP contribution in [-0.2, 0) is 31.9 Å². The van der Waals surface area contributed by atoms with Crippen molar-refractivity contribution < 1.29 is 30.4 Å². The van der Waals surface area contributed by atoms with E-state index in [1.54, 1.807) is 0 Å². The number of rotatable bonds is 9. The van der Waals surface area contributed by atoms with Gasteiger partial charge in [-0.3, -0.25) is 4.57 Å². The number of hydrogen-bond donors (Lipinski definition) is 0. The minimum Gasteiger partial charge on any atom is -0.510 e. The second-order valence-electron chi connectivity index (χ2n) is 20.5. The Morgan fingerprint density at radius 2 is 1.25 bits per heavy atom. The van der Waals surface area contributed by atoms with Crippen LogP contribution in [0.5, 0.6) is 11.5 Å². The Morgan fingerprint density at radius 1 is 0.603 bits per heavy atom. The summed E-state index contributed by atoms with van der Waals surface area (Å²) in [6, 6.07) is 61.4. The van der Waals surface area contributed by atoms with Crippen LogP contribution in [0.15, 0.2) is 158 Å². The van der Waals surface area contributed by atoms with Crippen molar-refractivity contribution in [3.05, 3.63) is 199 Å². The van der Waals surface area contributed by atoms with E-state index in [1.165, 1.54) is 22.3 Å². The number of aromatic nitrogens is 4. The number of hydrogen-bond acceptors (Lipinski definition) is 2. The fourth-order valence-electron chi connectivity index (χ4n) is 9.32. The number of para-hydroxylation sites is 3. The summed E-state index contributed by atoms with van der Waals surface area (Å²) in [5.74, 6) is 2.93. The SMILES string of the molecule is Cc1cccc2c1[n+](-c1c(-c3ccccc3)cccc1-c1cc(C(C)(C)C)cc(C(C)(C)C)c1)[c-]n2-c1[c-]c(Oc2[c-]c3c(cc2)c2ccccc2n3-c2cc(C(C)C(C)C)ccn2)ccc1.[Pt]. The van der Waals surface area contributed by atoms with Gasteiger partial charge in [0.15, 0.2) is 0 Å². The fraction of sp³-hybridized carbons (Fsp3) is 0.226. The van der Waals surface area contributed by atoms with Crippen LogP contribution in [0.2, 0.25) is 0 Å². The molecule has 3 heterocycles. The summed E-state index contributed by atoms with van der Waals surface area (Å²) < 4.78 is 13.3. The van der Waals surface area contributed by atoms with E-state index in [1.807, 2.05) is 24.4 Å². The molecule has 0 bridgehead atoms. The molecule has 0 aliphatic rings. The van der Waals surface area contributed by atoms with Crippen molar-refractivity contribution in [2.45, 2.75) is 86.0 Å². The molecule has 0 amide bonds. The third-order valence-corrected chi connectivity index (χ3v) is 13.5. The minimum atomic E-state index is -0.0425. The Hall–Kier alpha value is -6.55. The molecule has 7 aromatic carbocycles. The van der Waals surface area contributed by atoms with Gasteiger partial charge in [-0.1, -0.05) is 171 Å². The first kappa shape index (κ1) is 46.6. The normalized spacial score (nSPS) is 12.5. The van der Waals surface area contributed by atoms with Crippen molar-refractivity contribution in [1.29, 1.82) is 0 Å². The van der Waals surface area contributed by atoms with Crippen LogP contribution in [0.4, 0.5) is 0 Å². The molecule has 6 heteroatoms. The van der Waals surface area contributed by atoms with Gasteiger partial charge in [-0.05, 0) is 103 Å². The van der Waals surface area contributed by atoms with Gasteiger partial charge in [-0.2, -0.15) is 18.2 Å². The molecular weight excluding hydrogens is 1010 g/mol. The molecule has 0 fully saturated rings. The van der Waals surface area contributed by atoms with E-state index in [0.29, 0.717) is 23.3 Å². The fourth-order valence-corrected chi connectivity index (χ4v) is 9.32. The first-order valence-electron chi connectivity index (χ1n) is 23.6. The number of pyridine rings is 1. The molecule has 68 heavy (non-hydrogen) atoms. The molecule has 0 N–H and O–H groups in total. The Balaban J connectivity index is 0.00000578. The number of fused-ring (bicyclic) bond motifs is 4. The van der Waals surface area contributed by atoms with Crippen LogP contribution in [-0.4, -0.2) is 14.1 Å². The van der Waals surface area contributed by atoms with Gasteiger partial charge >= 0.3 is 0 Å². The summed E-state index contributed by atoms with van der Waals surface area (Å²) in [6.07, 6.45) is 5.80. The van der Waals surface area contributed by atoms with Gasteiger partial charge < -0.3 is 13.9 Å². The zero-order valence-electron chi connectivity index (χ0n) is 40.7. The Morgan fingerprint density at radius 3 is 1.97 bits per heavy atom. The molecule has 0 spiro atoms. The topological polar surface area (TPSA) is 35.9 Å². The molecule has 5 nitrogen and oxygen atoms in total. The van der Waals surface area contributed by atoms with Crippen molar-refractivity contribution in [2.75, 3.05) is 0 Å². The standard InChI is InChI=1S/C62H58N4O.Pt/c1-40(2)42(4)44-31-32-63-58(35-44)66-55-27-15-14-24-53(55)54-30-29-50(38-57(54)66)67-49-23-17-22-48(37-49)64-39-65(59-41(3)19-16-28-56(59)64)60-51(43-20-12-11-13-21-43)25-18-26-52(60)45-33-46(61(5,6)7)36-47(34-45)62(8,9)10;/h11-36,40,42H,1-10H3;/q-2;. The van der Waals surface area contributed by atoms with E-state index in [-0.39, 0.29) is 31.9 Å². The summed E-state index contributed by atoms with van der Waals surface area (Å²) >= 11 is 0. The quantitative estimate of drug-likeness (QED) is 0.107. The van der Waals surface area contributed by atoms with Crippen molar-refractivity contribution in [3.63, 3.8) is 0 Å². The number of ether oxygens (including phenoxy) is 1. The van der Waals surface area contributed by atoms with E-state index < -0.39 is 0 Å². The van der Waals surface area contributed by atoms with Crippen molar-refractivity contribution in [2.24, 2.45) is 5.92 Å². The molecule has 1 atom stereocenters. The summed E-state index contributed by atoms with van der Waals surface area (Å²) in [5.41, 5.74) is 15.5. The van der Waals surface area contributed by atoms with E-state index in [2.05, 4.69) is 235 Å². The summed E-state index contributed by atoms with van der Waals surface area (Å²) in [7, 11) is 0. The molecule has 0 saturated heterocycles. The van der Waals surface area contributed by atoms with Crippen molar-refractivity contribution >= 4 is 32.8 Å². The van der Waals surface area contributed by atoms with E-state index in [0.717, 1.165) is 72.3 Å². The number of benzene rings is 7. The maximum absolute atomic E-state index is 6.71. The molecule has 0 aliphatic carbocycles. The molecule has 0 radical (unpaired) electrons. The zero-order valence-corrected chi connectivity index (χ0v) is 43.0. The molecule has 10 rings (SSSR count). The zero-order chi connectivity index (χ0) is 46.8. The van der Waals surface area contributed by atoms with Crippen LogP contribution in [0, 0.1) is 31.3 Å². The van der Waals surface area contributed by atoms with E-state index >= 15 is 0 Å². The van der Waals surface area contributed by atoms with Gasteiger partial charge in [-0.25, -0.2) is 4.98 Å². The van der Waals surface area contributed by atoms with Crippen LogP contribution in [0.3, 0.4) is 0 Å². The Labute approximate surface area is 416 Å². The molecule has 0 aliphatic heterocycles. The molecule has 1 unspecified atom stereocenters. The summed E-state index contributed by atoms with van der Waals surface area (Å²) in [5, 5.41) is 2.23. The summed E-state index contributed by atoms with van der Waals surface area (Å²) in [6.45, 7) is 22.8. The summed E-state index contributed by atoms with van der Waals surface area (Å²) in [4.78, 5) is 4.90. The third kappa shape index (κ3) is 8.63.